The maximum atomic E-state index is 11.7. The van der Waals surface area contributed by atoms with Crippen LogP contribution in [0.3, 0.4) is 0 Å². The van der Waals surface area contributed by atoms with Gasteiger partial charge in [-0.2, -0.15) is 0 Å². The predicted molar refractivity (Wildman–Crippen MR) is 73.2 cm³/mol. The molecule has 0 unspecified atom stereocenters. The first-order chi connectivity index (χ1) is 9.38. The molecule has 114 valence electrons. The summed E-state index contributed by atoms with van der Waals surface area (Å²) in [6.07, 6.45) is 1.96. The number of carboxylic acids is 1. The van der Waals surface area contributed by atoms with E-state index in [4.69, 9.17) is 5.11 Å². The van der Waals surface area contributed by atoms with Gasteiger partial charge in [-0.05, 0) is 18.8 Å². The SMILES string of the molecule is CC(C)CNC(=O)NC(=O)CN(CCC(=O)O)C1CC1. The lowest BCUT2D eigenvalue weighted by Gasteiger charge is -2.20. The van der Waals surface area contributed by atoms with Crippen molar-refractivity contribution in [2.75, 3.05) is 19.6 Å². The Morgan fingerprint density at radius 1 is 1.30 bits per heavy atom. The molecule has 3 N–H and O–H groups in total. The molecule has 0 radical (unpaired) electrons. The van der Waals surface area contributed by atoms with Crippen molar-refractivity contribution >= 4 is 17.9 Å². The zero-order valence-corrected chi connectivity index (χ0v) is 12.0. The highest BCUT2D eigenvalue weighted by atomic mass is 16.4. The highest BCUT2D eigenvalue weighted by molar-refractivity contribution is 5.95. The number of rotatable bonds is 8. The quantitative estimate of drug-likeness (QED) is 0.600. The highest BCUT2D eigenvalue weighted by Crippen LogP contribution is 2.26. The highest BCUT2D eigenvalue weighted by Gasteiger charge is 2.30. The average molecular weight is 285 g/mol. The minimum atomic E-state index is -0.884. The number of amides is 3. The fraction of sp³-hybridized carbons (Fsp3) is 0.769. The minimum absolute atomic E-state index is 0.00330. The molecule has 0 saturated heterocycles. The summed E-state index contributed by atoms with van der Waals surface area (Å²) in [6, 6.07) is -0.225. The van der Waals surface area contributed by atoms with Gasteiger partial charge < -0.3 is 10.4 Å². The Hall–Kier alpha value is -1.63. The van der Waals surface area contributed by atoms with E-state index in [-0.39, 0.29) is 19.0 Å². The van der Waals surface area contributed by atoms with E-state index in [1.165, 1.54) is 0 Å². The number of imide groups is 1. The molecule has 0 aromatic heterocycles. The van der Waals surface area contributed by atoms with E-state index in [1.54, 1.807) is 0 Å². The topological polar surface area (TPSA) is 98.7 Å². The molecule has 0 heterocycles. The fourth-order valence-electron chi connectivity index (χ4n) is 1.76. The van der Waals surface area contributed by atoms with Crippen molar-refractivity contribution in [2.45, 2.75) is 39.2 Å². The number of carbonyl (C=O) groups is 3. The van der Waals surface area contributed by atoms with Crippen LogP contribution in [0.4, 0.5) is 4.79 Å². The Bertz CT molecular complexity index is 367. The molecule has 0 spiro atoms. The molecule has 3 amide bonds. The molecular formula is C13H23N3O4. The van der Waals surface area contributed by atoms with Crippen LogP contribution in [0.25, 0.3) is 0 Å². The van der Waals surface area contributed by atoms with Crippen LogP contribution in [0.2, 0.25) is 0 Å². The van der Waals surface area contributed by atoms with Crippen LogP contribution in [-0.4, -0.2) is 53.6 Å². The third kappa shape index (κ3) is 7.08. The van der Waals surface area contributed by atoms with Crippen LogP contribution in [0.15, 0.2) is 0 Å². The number of urea groups is 1. The van der Waals surface area contributed by atoms with Gasteiger partial charge in [-0.3, -0.25) is 19.8 Å². The summed E-state index contributed by atoms with van der Waals surface area (Å²) in [5.41, 5.74) is 0. The Balaban J connectivity index is 2.30. The standard InChI is InChI=1S/C13H23N3O4/c1-9(2)7-14-13(20)15-11(17)8-16(10-3-4-10)6-5-12(18)19/h9-10H,3-8H2,1-2H3,(H,18,19)(H2,14,15,17,20). The lowest BCUT2D eigenvalue weighted by atomic mass is 10.2. The largest absolute Gasteiger partial charge is 0.481 e. The molecule has 7 heteroatoms. The number of carbonyl (C=O) groups excluding carboxylic acids is 2. The summed E-state index contributed by atoms with van der Waals surface area (Å²) in [5.74, 6) is -0.969. The Kier molecular flexibility index (Phi) is 6.44. The molecule has 0 aliphatic heterocycles. The normalized spacial score (nSPS) is 14.4. The zero-order chi connectivity index (χ0) is 15.1. The van der Waals surface area contributed by atoms with Crippen molar-refractivity contribution in [3.63, 3.8) is 0 Å². The molecular weight excluding hydrogens is 262 g/mol. The number of hydrogen-bond donors (Lipinski definition) is 3. The number of hydrogen-bond acceptors (Lipinski definition) is 4. The summed E-state index contributed by atoms with van der Waals surface area (Å²) in [6.45, 7) is 4.82. The molecule has 1 rings (SSSR count). The Labute approximate surface area is 118 Å². The van der Waals surface area contributed by atoms with Crippen LogP contribution in [0.1, 0.15) is 33.1 Å². The van der Waals surface area contributed by atoms with Gasteiger partial charge in [-0.1, -0.05) is 13.8 Å². The smallest absolute Gasteiger partial charge is 0.321 e. The van der Waals surface area contributed by atoms with E-state index < -0.39 is 17.9 Å². The minimum Gasteiger partial charge on any atom is -0.481 e. The van der Waals surface area contributed by atoms with Gasteiger partial charge in [-0.15, -0.1) is 0 Å². The monoisotopic (exact) mass is 285 g/mol. The summed E-state index contributed by atoms with van der Waals surface area (Å²) in [5, 5.41) is 13.5. The van der Waals surface area contributed by atoms with Crippen LogP contribution < -0.4 is 10.6 Å². The number of nitrogens with one attached hydrogen (secondary N) is 2. The zero-order valence-electron chi connectivity index (χ0n) is 12.0. The van der Waals surface area contributed by atoms with Crippen LogP contribution in [-0.2, 0) is 9.59 Å². The number of aliphatic carboxylic acids is 1. The van der Waals surface area contributed by atoms with Crippen molar-refractivity contribution in [2.24, 2.45) is 5.92 Å². The molecule has 1 fully saturated rings. The molecule has 0 aromatic rings. The molecule has 1 saturated carbocycles. The number of carboxylic acid groups (broad SMARTS) is 1. The van der Waals surface area contributed by atoms with Gasteiger partial charge in [0.05, 0.1) is 13.0 Å². The van der Waals surface area contributed by atoms with E-state index in [0.29, 0.717) is 19.0 Å². The van der Waals surface area contributed by atoms with Gasteiger partial charge in [0.25, 0.3) is 0 Å². The molecule has 0 bridgehead atoms. The van der Waals surface area contributed by atoms with E-state index in [0.717, 1.165) is 12.8 Å². The first-order valence-electron chi connectivity index (χ1n) is 6.92. The molecule has 7 nitrogen and oxygen atoms in total. The van der Waals surface area contributed by atoms with Crippen molar-refractivity contribution in [3.8, 4) is 0 Å². The van der Waals surface area contributed by atoms with Gasteiger partial charge >= 0.3 is 12.0 Å². The van der Waals surface area contributed by atoms with Crippen LogP contribution in [0.5, 0.6) is 0 Å². The van der Waals surface area contributed by atoms with Crippen molar-refractivity contribution in [1.82, 2.24) is 15.5 Å². The first kappa shape index (κ1) is 16.4. The average Bonchev–Trinajstić information content (AvgIpc) is 3.15. The lowest BCUT2D eigenvalue weighted by molar-refractivity contribution is -0.137. The summed E-state index contributed by atoms with van der Waals surface area (Å²) >= 11 is 0. The van der Waals surface area contributed by atoms with Crippen LogP contribution in [0, 0.1) is 5.92 Å². The van der Waals surface area contributed by atoms with E-state index in [2.05, 4.69) is 10.6 Å². The third-order valence-electron chi connectivity index (χ3n) is 2.95. The Morgan fingerprint density at radius 3 is 2.45 bits per heavy atom. The maximum absolute atomic E-state index is 11.7. The van der Waals surface area contributed by atoms with Gasteiger partial charge in [0.2, 0.25) is 5.91 Å². The van der Waals surface area contributed by atoms with Crippen molar-refractivity contribution in [3.05, 3.63) is 0 Å². The van der Waals surface area contributed by atoms with E-state index in [9.17, 15) is 14.4 Å². The molecule has 0 aromatic carbocycles. The second-order valence-corrected chi connectivity index (χ2v) is 5.50. The van der Waals surface area contributed by atoms with Crippen LogP contribution >= 0.6 is 0 Å². The molecule has 1 aliphatic carbocycles. The Morgan fingerprint density at radius 2 is 1.95 bits per heavy atom. The van der Waals surface area contributed by atoms with E-state index in [1.807, 2.05) is 18.7 Å². The molecule has 20 heavy (non-hydrogen) atoms. The lowest BCUT2D eigenvalue weighted by Crippen LogP contribution is -2.46. The summed E-state index contributed by atoms with van der Waals surface area (Å²) in [4.78, 5) is 35.5. The molecule has 0 atom stereocenters. The van der Waals surface area contributed by atoms with Gasteiger partial charge in [0.1, 0.15) is 0 Å². The second-order valence-electron chi connectivity index (χ2n) is 5.50. The van der Waals surface area contributed by atoms with Gasteiger partial charge in [-0.25, -0.2) is 4.79 Å². The fourth-order valence-corrected chi connectivity index (χ4v) is 1.76. The maximum Gasteiger partial charge on any atom is 0.321 e. The van der Waals surface area contributed by atoms with Gasteiger partial charge in [0, 0.05) is 19.1 Å². The van der Waals surface area contributed by atoms with E-state index >= 15 is 0 Å². The van der Waals surface area contributed by atoms with Crippen molar-refractivity contribution < 1.29 is 19.5 Å². The third-order valence-corrected chi connectivity index (χ3v) is 2.95. The molecule has 1 aliphatic rings. The van der Waals surface area contributed by atoms with Crippen molar-refractivity contribution in [1.29, 1.82) is 0 Å². The predicted octanol–water partition coefficient (Wildman–Crippen LogP) is 0.407. The summed E-state index contributed by atoms with van der Waals surface area (Å²) < 4.78 is 0. The first-order valence-corrected chi connectivity index (χ1v) is 6.92. The second kappa shape index (κ2) is 7.84. The van der Waals surface area contributed by atoms with Gasteiger partial charge in [0.15, 0.2) is 0 Å². The summed E-state index contributed by atoms with van der Waals surface area (Å²) in [7, 11) is 0. The number of nitrogens with zero attached hydrogens (tertiary/aromatic N) is 1.